The number of hydrogen-bond acceptors (Lipinski definition) is 5. The average Bonchev–Trinajstić information content (AvgIpc) is 2.84. The third-order valence-electron chi connectivity index (χ3n) is 2.86. The topological polar surface area (TPSA) is 63.0 Å². The van der Waals surface area contributed by atoms with E-state index in [1.807, 2.05) is 12.1 Å². The van der Waals surface area contributed by atoms with Crippen molar-refractivity contribution in [3.63, 3.8) is 0 Å². The van der Waals surface area contributed by atoms with Gasteiger partial charge >= 0.3 is 6.01 Å². The minimum atomic E-state index is 0.416. The Balaban J connectivity index is 2.03. The van der Waals surface area contributed by atoms with Crippen LogP contribution < -0.4 is 10.6 Å². The van der Waals surface area contributed by atoms with Crippen molar-refractivity contribution in [2.75, 3.05) is 11.9 Å². The molecule has 1 aromatic heterocycles. The van der Waals surface area contributed by atoms with E-state index >= 15 is 0 Å². The molecule has 0 bridgehead atoms. The van der Waals surface area contributed by atoms with E-state index in [9.17, 15) is 0 Å². The minimum absolute atomic E-state index is 0.416. The monoisotopic (exact) mass is 338 g/mol. The van der Waals surface area contributed by atoms with Gasteiger partial charge < -0.3 is 15.1 Å². The normalized spacial score (nSPS) is 10.8. The Morgan fingerprint density at radius 1 is 1.20 bits per heavy atom. The Morgan fingerprint density at radius 3 is 2.55 bits per heavy atom. The van der Waals surface area contributed by atoms with E-state index in [1.165, 1.54) is 0 Å². The second-order valence-corrected chi connectivity index (χ2v) is 5.52. The molecule has 0 unspecified atom stereocenters. The van der Waals surface area contributed by atoms with Crippen molar-refractivity contribution in [3.05, 3.63) is 33.6 Å². The van der Waals surface area contributed by atoms with Crippen molar-refractivity contribution in [2.24, 2.45) is 0 Å². The van der Waals surface area contributed by atoms with Gasteiger partial charge in [-0.2, -0.15) is 0 Å². The molecule has 6 heteroatoms. The molecule has 0 aliphatic heterocycles. The molecule has 20 heavy (non-hydrogen) atoms. The molecule has 0 aliphatic carbocycles. The lowest BCUT2D eigenvalue weighted by atomic mass is 10.1. The van der Waals surface area contributed by atoms with Crippen molar-refractivity contribution >= 4 is 27.6 Å². The summed E-state index contributed by atoms with van der Waals surface area (Å²) in [4.78, 5) is 0. The molecule has 1 heterocycles. The summed E-state index contributed by atoms with van der Waals surface area (Å²) in [5, 5.41) is 14.3. The van der Waals surface area contributed by atoms with Crippen molar-refractivity contribution in [2.45, 2.75) is 33.7 Å². The number of aryl methyl sites for hydroxylation is 2. The van der Waals surface area contributed by atoms with E-state index < -0.39 is 0 Å². The van der Waals surface area contributed by atoms with Crippen LogP contribution in [0.25, 0.3) is 0 Å². The van der Waals surface area contributed by atoms with Gasteiger partial charge in [0.15, 0.2) is 0 Å². The molecule has 0 radical (unpaired) electrons. The molecule has 0 atom stereocenters. The van der Waals surface area contributed by atoms with Crippen LogP contribution in [0.2, 0.25) is 0 Å². The zero-order valence-corrected chi connectivity index (χ0v) is 13.5. The molecular weight excluding hydrogens is 320 g/mol. The molecule has 1 aromatic carbocycles. The predicted octanol–water partition coefficient (Wildman–Crippen LogP) is 3.69. The van der Waals surface area contributed by atoms with Crippen LogP contribution in [-0.4, -0.2) is 16.7 Å². The van der Waals surface area contributed by atoms with Gasteiger partial charge in [-0.3, -0.25) is 0 Å². The summed E-state index contributed by atoms with van der Waals surface area (Å²) in [6, 6.07) is 4.49. The van der Waals surface area contributed by atoms with Crippen LogP contribution in [0.4, 0.5) is 11.7 Å². The van der Waals surface area contributed by atoms with Gasteiger partial charge in [0.1, 0.15) is 0 Å². The lowest BCUT2D eigenvalue weighted by Gasteiger charge is -2.07. The number of halogens is 1. The van der Waals surface area contributed by atoms with E-state index in [2.05, 4.69) is 57.5 Å². The van der Waals surface area contributed by atoms with E-state index in [0.29, 0.717) is 18.5 Å². The Hall–Kier alpha value is -1.40. The molecule has 0 saturated carbocycles. The van der Waals surface area contributed by atoms with Crippen LogP contribution in [-0.2, 0) is 6.54 Å². The first kappa shape index (κ1) is 15.0. The van der Waals surface area contributed by atoms with Gasteiger partial charge in [-0.1, -0.05) is 28.0 Å². The van der Waals surface area contributed by atoms with E-state index in [1.54, 1.807) is 0 Å². The average molecular weight is 339 g/mol. The molecule has 2 rings (SSSR count). The second kappa shape index (κ2) is 6.85. The van der Waals surface area contributed by atoms with Gasteiger partial charge in [0.2, 0.25) is 5.89 Å². The maximum Gasteiger partial charge on any atom is 0.320 e. The molecule has 5 nitrogen and oxygen atoms in total. The highest BCUT2D eigenvalue weighted by atomic mass is 79.9. The lowest BCUT2D eigenvalue weighted by Crippen LogP contribution is -2.13. The van der Waals surface area contributed by atoms with Crippen LogP contribution in [0, 0.1) is 13.8 Å². The Bertz CT molecular complexity index is 559. The summed E-state index contributed by atoms with van der Waals surface area (Å²) in [6.07, 6.45) is 1.08. The second-order valence-electron chi connectivity index (χ2n) is 4.73. The number of hydrogen-bond donors (Lipinski definition) is 2. The third-order valence-corrected chi connectivity index (χ3v) is 4.11. The summed E-state index contributed by atoms with van der Waals surface area (Å²) < 4.78 is 6.66. The quantitative estimate of drug-likeness (QED) is 0.786. The fourth-order valence-electron chi connectivity index (χ4n) is 1.89. The van der Waals surface area contributed by atoms with Gasteiger partial charge in [-0.25, -0.2) is 0 Å². The van der Waals surface area contributed by atoms with Crippen molar-refractivity contribution in [1.29, 1.82) is 0 Å². The number of benzene rings is 1. The molecule has 108 valence electrons. The van der Waals surface area contributed by atoms with Gasteiger partial charge in [-0.15, -0.1) is 5.10 Å². The van der Waals surface area contributed by atoms with Gasteiger partial charge in [-0.05, 0) is 50.1 Å². The Morgan fingerprint density at radius 2 is 1.90 bits per heavy atom. The summed E-state index contributed by atoms with van der Waals surface area (Å²) in [6.45, 7) is 7.76. The van der Waals surface area contributed by atoms with Crippen LogP contribution in [0.15, 0.2) is 21.0 Å². The SMILES string of the molecule is CCCNCc1nnc(Nc2cc(C)c(Br)c(C)c2)o1. The smallest absolute Gasteiger partial charge is 0.320 e. The Labute approximate surface area is 127 Å². The predicted molar refractivity (Wildman–Crippen MR) is 83.2 cm³/mol. The first-order valence-corrected chi connectivity index (χ1v) is 7.46. The number of anilines is 2. The summed E-state index contributed by atoms with van der Waals surface area (Å²) in [5.74, 6) is 0.589. The first-order valence-electron chi connectivity index (χ1n) is 6.67. The molecular formula is C14H19BrN4O. The van der Waals surface area contributed by atoms with Gasteiger partial charge in [0.05, 0.1) is 6.54 Å². The Kier molecular flexibility index (Phi) is 5.14. The van der Waals surface area contributed by atoms with Crippen molar-refractivity contribution < 1.29 is 4.42 Å². The first-order chi connectivity index (χ1) is 9.60. The molecule has 0 spiro atoms. The van der Waals surface area contributed by atoms with Gasteiger partial charge in [0.25, 0.3) is 0 Å². The van der Waals surface area contributed by atoms with Crippen LogP contribution in [0.1, 0.15) is 30.4 Å². The maximum absolute atomic E-state index is 5.54. The zero-order chi connectivity index (χ0) is 14.5. The molecule has 0 amide bonds. The minimum Gasteiger partial charge on any atom is -0.406 e. The van der Waals surface area contributed by atoms with Crippen molar-refractivity contribution in [3.8, 4) is 0 Å². The number of nitrogens with one attached hydrogen (secondary N) is 2. The molecule has 0 saturated heterocycles. The largest absolute Gasteiger partial charge is 0.406 e. The van der Waals surface area contributed by atoms with E-state index in [4.69, 9.17) is 4.42 Å². The molecule has 0 fully saturated rings. The standard InChI is InChI=1S/C14H19BrN4O/c1-4-5-16-8-12-18-19-14(20-12)17-11-6-9(2)13(15)10(3)7-11/h6-7,16H,4-5,8H2,1-3H3,(H,17,19). The fourth-order valence-corrected chi connectivity index (χ4v) is 2.12. The van der Waals surface area contributed by atoms with E-state index in [-0.39, 0.29) is 0 Å². The highest BCUT2D eigenvalue weighted by molar-refractivity contribution is 9.10. The fraction of sp³-hybridized carbons (Fsp3) is 0.429. The number of nitrogens with zero attached hydrogens (tertiary/aromatic N) is 2. The molecule has 2 N–H and O–H groups in total. The number of aromatic nitrogens is 2. The zero-order valence-electron chi connectivity index (χ0n) is 12.0. The molecule has 2 aromatic rings. The number of rotatable bonds is 6. The maximum atomic E-state index is 5.54. The summed E-state index contributed by atoms with van der Waals surface area (Å²) in [7, 11) is 0. The van der Waals surface area contributed by atoms with Crippen LogP contribution in [0.3, 0.4) is 0 Å². The summed E-state index contributed by atoms with van der Waals surface area (Å²) in [5.41, 5.74) is 3.27. The van der Waals surface area contributed by atoms with Gasteiger partial charge in [0, 0.05) is 10.2 Å². The lowest BCUT2D eigenvalue weighted by molar-refractivity contribution is 0.479. The van der Waals surface area contributed by atoms with Crippen LogP contribution >= 0.6 is 15.9 Å². The molecule has 0 aliphatic rings. The van der Waals surface area contributed by atoms with Crippen molar-refractivity contribution in [1.82, 2.24) is 15.5 Å². The highest BCUT2D eigenvalue weighted by Gasteiger charge is 2.08. The van der Waals surface area contributed by atoms with E-state index in [0.717, 1.165) is 34.3 Å². The summed E-state index contributed by atoms with van der Waals surface area (Å²) >= 11 is 3.55. The third kappa shape index (κ3) is 3.80. The van der Waals surface area contributed by atoms with Crippen LogP contribution in [0.5, 0.6) is 0 Å². The highest BCUT2D eigenvalue weighted by Crippen LogP contribution is 2.26.